The molecule has 1 atom stereocenters. The minimum atomic E-state index is -4.40. The van der Waals surface area contributed by atoms with Crippen LogP contribution in [0.25, 0.3) is 0 Å². The summed E-state index contributed by atoms with van der Waals surface area (Å²) in [4.78, 5) is 11.2. The molecule has 0 saturated heterocycles. The van der Waals surface area contributed by atoms with Gasteiger partial charge in [-0.25, -0.2) is 4.72 Å². The fourth-order valence-corrected chi connectivity index (χ4v) is 1.60. The van der Waals surface area contributed by atoms with Gasteiger partial charge in [-0.2, -0.15) is 8.42 Å². The summed E-state index contributed by atoms with van der Waals surface area (Å²) in [6, 6.07) is 0. The summed E-state index contributed by atoms with van der Waals surface area (Å²) in [7, 11) is -4.40. The minimum Gasteiger partial charge on any atom is -1.00 e. The van der Waals surface area contributed by atoms with Crippen molar-refractivity contribution in [2.75, 3.05) is 0 Å². The third-order valence-electron chi connectivity index (χ3n) is 2.00. The zero-order valence-corrected chi connectivity index (χ0v) is 12.3. The molecule has 0 rings (SSSR count). The van der Waals surface area contributed by atoms with Crippen molar-refractivity contribution in [2.24, 2.45) is 5.92 Å². The van der Waals surface area contributed by atoms with Crippen LogP contribution in [0.15, 0.2) is 0 Å². The number of carbonyl (C=O) groups is 1. The Labute approximate surface area is 115 Å². The molecule has 0 aliphatic carbocycles. The molecule has 0 radical (unpaired) electrons. The van der Waals surface area contributed by atoms with Crippen molar-refractivity contribution in [3.8, 4) is 0 Å². The molecule has 0 aliphatic rings. The van der Waals surface area contributed by atoms with E-state index >= 15 is 0 Å². The number of carbonyl (C=O) groups excluding carboxylic acids is 1. The SMILES string of the molecule is CCCCC(CC)C(=O)NS(=O)(=O)O.[H-].[Na+]. The van der Waals surface area contributed by atoms with Gasteiger partial charge in [0.1, 0.15) is 0 Å². The van der Waals surface area contributed by atoms with Crippen LogP contribution in [-0.2, 0) is 15.1 Å². The predicted octanol–water partition coefficient (Wildman–Crippen LogP) is -1.76. The standard InChI is InChI=1S/C8H17NO4S.Na.H/c1-3-5-6-7(4-2)8(10)9-14(11,12)13;;/h7H,3-6H2,1-2H3,(H,9,10)(H,11,12,13);;/q;+1;-1. The molecular formula is C8H18NNaO4S. The van der Waals surface area contributed by atoms with E-state index in [0.29, 0.717) is 12.8 Å². The van der Waals surface area contributed by atoms with Gasteiger partial charge < -0.3 is 1.43 Å². The fourth-order valence-electron chi connectivity index (χ4n) is 1.18. The maximum Gasteiger partial charge on any atom is 1.00 e. The van der Waals surface area contributed by atoms with Crippen LogP contribution in [0.2, 0.25) is 0 Å². The molecule has 0 aliphatic heterocycles. The van der Waals surface area contributed by atoms with Crippen LogP contribution in [0.4, 0.5) is 0 Å². The van der Waals surface area contributed by atoms with Crippen LogP contribution >= 0.6 is 0 Å². The molecule has 0 bridgehead atoms. The Morgan fingerprint density at radius 3 is 2.33 bits per heavy atom. The molecule has 0 aromatic rings. The van der Waals surface area contributed by atoms with E-state index in [-0.39, 0.29) is 36.9 Å². The summed E-state index contributed by atoms with van der Waals surface area (Å²) in [5, 5.41) is 0. The molecule has 0 heterocycles. The Morgan fingerprint density at radius 1 is 1.47 bits per heavy atom. The maximum atomic E-state index is 11.2. The second kappa shape index (κ2) is 8.52. The Hall–Kier alpha value is 0.380. The summed E-state index contributed by atoms with van der Waals surface area (Å²) in [5.41, 5.74) is 0. The van der Waals surface area contributed by atoms with Crippen LogP contribution in [0.1, 0.15) is 41.0 Å². The van der Waals surface area contributed by atoms with Crippen LogP contribution in [0.5, 0.6) is 0 Å². The molecule has 0 saturated carbocycles. The summed E-state index contributed by atoms with van der Waals surface area (Å²) in [6.07, 6.45) is 3.04. The van der Waals surface area contributed by atoms with E-state index in [1.54, 1.807) is 4.72 Å². The molecule has 0 aromatic carbocycles. The van der Waals surface area contributed by atoms with E-state index < -0.39 is 16.2 Å². The van der Waals surface area contributed by atoms with Gasteiger partial charge in [-0.05, 0) is 12.8 Å². The molecule has 1 unspecified atom stereocenters. The van der Waals surface area contributed by atoms with E-state index in [9.17, 15) is 13.2 Å². The van der Waals surface area contributed by atoms with E-state index in [2.05, 4.69) is 0 Å². The van der Waals surface area contributed by atoms with Gasteiger partial charge in [0.15, 0.2) is 0 Å². The first kappa shape index (κ1) is 17.8. The molecule has 0 fully saturated rings. The summed E-state index contributed by atoms with van der Waals surface area (Å²) in [5.74, 6) is -0.958. The number of rotatable bonds is 6. The predicted molar refractivity (Wildman–Crippen MR) is 54.1 cm³/mol. The fraction of sp³-hybridized carbons (Fsp3) is 0.875. The first-order chi connectivity index (χ1) is 6.40. The quantitative estimate of drug-likeness (QED) is 0.430. The van der Waals surface area contributed by atoms with Crippen LogP contribution in [0, 0.1) is 5.92 Å². The molecule has 0 aromatic heterocycles. The van der Waals surface area contributed by atoms with Crippen molar-refractivity contribution in [1.82, 2.24) is 4.72 Å². The smallest absolute Gasteiger partial charge is 1.00 e. The van der Waals surface area contributed by atoms with E-state index in [1.165, 1.54) is 0 Å². The minimum absolute atomic E-state index is 0. The Morgan fingerprint density at radius 2 is 2.00 bits per heavy atom. The molecule has 0 spiro atoms. The molecule has 5 nitrogen and oxygen atoms in total. The molecule has 86 valence electrons. The second-order valence-electron chi connectivity index (χ2n) is 3.19. The number of unbranched alkanes of at least 4 members (excludes halogenated alkanes) is 1. The normalized spacial score (nSPS) is 12.7. The van der Waals surface area contributed by atoms with Crippen LogP contribution < -0.4 is 34.3 Å². The van der Waals surface area contributed by atoms with Crippen molar-refractivity contribution < 1.29 is 48.7 Å². The van der Waals surface area contributed by atoms with Gasteiger partial charge in [0, 0.05) is 5.92 Å². The molecule has 15 heavy (non-hydrogen) atoms. The average molecular weight is 247 g/mol. The van der Waals surface area contributed by atoms with Crippen molar-refractivity contribution in [3.63, 3.8) is 0 Å². The van der Waals surface area contributed by atoms with Crippen LogP contribution in [0.3, 0.4) is 0 Å². The first-order valence-electron chi connectivity index (χ1n) is 4.69. The Balaban J connectivity index is -0.000000845. The summed E-state index contributed by atoms with van der Waals surface area (Å²) >= 11 is 0. The average Bonchev–Trinajstić information content (AvgIpc) is 2.02. The second-order valence-corrected chi connectivity index (χ2v) is 4.34. The molecular weight excluding hydrogens is 229 g/mol. The van der Waals surface area contributed by atoms with Gasteiger partial charge in [0.05, 0.1) is 0 Å². The van der Waals surface area contributed by atoms with Crippen molar-refractivity contribution in [2.45, 2.75) is 39.5 Å². The van der Waals surface area contributed by atoms with Crippen molar-refractivity contribution in [3.05, 3.63) is 0 Å². The van der Waals surface area contributed by atoms with Gasteiger partial charge in [0.25, 0.3) is 0 Å². The Kier molecular flexibility index (Phi) is 10.1. The first-order valence-corrected chi connectivity index (χ1v) is 6.13. The van der Waals surface area contributed by atoms with Gasteiger partial charge in [-0.1, -0.05) is 26.7 Å². The van der Waals surface area contributed by atoms with E-state index in [0.717, 1.165) is 12.8 Å². The van der Waals surface area contributed by atoms with Gasteiger partial charge in [-0.3, -0.25) is 9.35 Å². The van der Waals surface area contributed by atoms with Crippen LogP contribution in [-0.4, -0.2) is 18.9 Å². The summed E-state index contributed by atoms with van der Waals surface area (Å²) < 4.78 is 30.7. The van der Waals surface area contributed by atoms with E-state index in [4.69, 9.17) is 4.55 Å². The topological polar surface area (TPSA) is 83.5 Å². The molecule has 7 heteroatoms. The Bertz CT molecular complexity index is 284. The number of hydrogen-bond donors (Lipinski definition) is 2. The number of amides is 1. The van der Waals surface area contributed by atoms with Gasteiger partial charge >= 0.3 is 39.9 Å². The van der Waals surface area contributed by atoms with Crippen molar-refractivity contribution >= 4 is 16.2 Å². The largest absolute Gasteiger partial charge is 1.00 e. The molecule has 1 amide bonds. The maximum absolute atomic E-state index is 11.2. The molecule has 2 N–H and O–H groups in total. The monoisotopic (exact) mass is 247 g/mol. The number of hydrogen-bond acceptors (Lipinski definition) is 3. The zero-order valence-electron chi connectivity index (χ0n) is 10.5. The van der Waals surface area contributed by atoms with Crippen molar-refractivity contribution in [1.29, 1.82) is 0 Å². The van der Waals surface area contributed by atoms with E-state index in [1.807, 2.05) is 13.8 Å². The number of nitrogens with one attached hydrogen (secondary N) is 1. The van der Waals surface area contributed by atoms with Gasteiger partial charge in [-0.15, -0.1) is 0 Å². The van der Waals surface area contributed by atoms with Gasteiger partial charge in [0.2, 0.25) is 5.91 Å². The zero-order chi connectivity index (χ0) is 11.2. The third kappa shape index (κ3) is 9.32. The summed E-state index contributed by atoms with van der Waals surface area (Å²) in [6.45, 7) is 3.80. The third-order valence-corrected chi connectivity index (χ3v) is 2.46.